The third-order valence-electron chi connectivity index (χ3n) is 3.27. The molecule has 5 heteroatoms. The summed E-state index contributed by atoms with van der Waals surface area (Å²) in [6.07, 6.45) is 0. The fraction of sp³-hybridized carbons (Fsp3) is 0.200. The van der Waals surface area contributed by atoms with Gasteiger partial charge in [0.15, 0.2) is 5.82 Å². The molecule has 1 aromatic carbocycles. The number of thiophene rings is 1. The molecule has 100 valence electrons. The van der Waals surface area contributed by atoms with Crippen molar-refractivity contribution in [3.8, 4) is 16.8 Å². The van der Waals surface area contributed by atoms with E-state index in [1.54, 1.807) is 11.3 Å². The number of halogens is 1. The SMILES string of the molecule is CCn1c(-c2cc(C)c(Br)s2)nc2cc(C#N)ccc21. The van der Waals surface area contributed by atoms with Gasteiger partial charge in [0.05, 0.1) is 31.3 Å². The highest BCUT2D eigenvalue weighted by atomic mass is 79.9. The van der Waals surface area contributed by atoms with E-state index in [2.05, 4.69) is 46.5 Å². The second-order valence-corrected chi connectivity index (χ2v) is 6.93. The number of aromatic nitrogens is 2. The molecular formula is C15H12BrN3S. The van der Waals surface area contributed by atoms with E-state index in [0.29, 0.717) is 5.56 Å². The fourth-order valence-corrected chi connectivity index (χ4v) is 3.81. The Labute approximate surface area is 129 Å². The first-order valence-corrected chi connectivity index (χ1v) is 7.91. The predicted molar refractivity (Wildman–Crippen MR) is 85.9 cm³/mol. The predicted octanol–water partition coefficient (Wildman–Crippen LogP) is 4.73. The number of nitrogens with zero attached hydrogens (tertiary/aromatic N) is 3. The van der Waals surface area contributed by atoms with E-state index < -0.39 is 0 Å². The Hall–Kier alpha value is -1.64. The molecule has 0 saturated carbocycles. The summed E-state index contributed by atoms with van der Waals surface area (Å²) in [5.41, 5.74) is 3.82. The molecule has 0 radical (unpaired) electrons. The lowest BCUT2D eigenvalue weighted by atomic mass is 10.2. The van der Waals surface area contributed by atoms with Crippen LogP contribution in [0.1, 0.15) is 18.1 Å². The Morgan fingerprint density at radius 2 is 2.20 bits per heavy atom. The standard InChI is InChI=1S/C15H12BrN3S/c1-3-19-12-5-4-10(8-17)7-11(12)18-15(19)13-6-9(2)14(16)20-13/h4-7H,3H2,1-2H3. The summed E-state index contributed by atoms with van der Waals surface area (Å²) in [5, 5.41) is 9.00. The summed E-state index contributed by atoms with van der Waals surface area (Å²) >= 11 is 5.26. The van der Waals surface area contributed by atoms with E-state index >= 15 is 0 Å². The van der Waals surface area contributed by atoms with Gasteiger partial charge < -0.3 is 4.57 Å². The summed E-state index contributed by atoms with van der Waals surface area (Å²) in [6.45, 7) is 5.04. The van der Waals surface area contributed by atoms with Gasteiger partial charge in [-0.3, -0.25) is 0 Å². The van der Waals surface area contributed by atoms with Gasteiger partial charge in [0, 0.05) is 6.54 Å². The maximum Gasteiger partial charge on any atom is 0.151 e. The Balaban J connectivity index is 2.27. The van der Waals surface area contributed by atoms with Gasteiger partial charge >= 0.3 is 0 Å². The second kappa shape index (κ2) is 5.04. The number of aryl methyl sites for hydroxylation is 2. The number of nitriles is 1. The first kappa shape index (κ1) is 13.3. The lowest BCUT2D eigenvalue weighted by Crippen LogP contribution is -1.96. The van der Waals surface area contributed by atoms with Crippen molar-refractivity contribution in [2.45, 2.75) is 20.4 Å². The zero-order chi connectivity index (χ0) is 14.3. The van der Waals surface area contributed by atoms with Crippen LogP contribution in [0.15, 0.2) is 28.1 Å². The van der Waals surface area contributed by atoms with Gasteiger partial charge in [-0.05, 0) is 59.6 Å². The number of fused-ring (bicyclic) bond motifs is 1. The Kier molecular flexibility index (Phi) is 3.36. The van der Waals surface area contributed by atoms with E-state index in [1.807, 2.05) is 18.2 Å². The first-order chi connectivity index (χ1) is 9.63. The quantitative estimate of drug-likeness (QED) is 0.673. The van der Waals surface area contributed by atoms with E-state index in [9.17, 15) is 0 Å². The zero-order valence-corrected chi connectivity index (χ0v) is 13.5. The summed E-state index contributed by atoms with van der Waals surface area (Å²) in [7, 11) is 0. The van der Waals surface area contributed by atoms with Crippen molar-refractivity contribution in [1.29, 1.82) is 5.26 Å². The fourth-order valence-electron chi connectivity index (χ4n) is 2.28. The number of hydrogen-bond donors (Lipinski definition) is 0. The molecule has 0 saturated heterocycles. The summed E-state index contributed by atoms with van der Waals surface area (Å²) < 4.78 is 3.33. The molecule has 0 amide bonds. The Morgan fingerprint density at radius 3 is 2.80 bits per heavy atom. The molecule has 0 fully saturated rings. The minimum absolute atomic E-state index is 0.647. The van der Waals surface area contributed by atoms with Gasteiger partial charge in [-0.1, -0.05) is 0 Å². The molecule has 2 aromatic heterocycles. The van der Waals surface area contributed by atoms with Crippen molar-refractivity contribution in [2.24, 2.45) is 0 Å². The molecule has 0 unspecified atom stereocenters. The topological polar surface area (TPSA) is 41.6 Å². The van der Waals surface area contributed by atoms with E-state index in [1.165, 1.54) is 5.56 Å². The van der Waals surface area contributed by atoms with Gasteiger partial charge in [0.1, 0.15) is 0 Å². The normalized spacial score (nSPS) is 10.9. The smallest absolute Gasteiger partial charge is 0.151 e. The summed E-state index contributed by atoms with van der Waals surface area (Å²) in [5.74, 6) is 0.969. The van der Waals surface area contributed by atoms with Crippen LogP contribution in [-0.2, 0) is 6.54 Å². The summed E-state index contributed by atoms with van der Waals surface area (Å²) in [6, 6.07) is 9.98. The van der Waals surface area contributed by atoms with Crippen molar-refractivity contribution in [3.05, 3.63) is 39.2 Å². The van der Waals surface area contributed by atoms with Crippen LogP contribution in [0.5, 0.6) is 0 Å². The molecule has 20 heavy (non-hydrogen) atoms. The van der Waals surface area contributed by atoms with Gasteiger partial charge in [-0.25, -0.2) is 4.98 Å². The molecule has 0 aliphatic carbocycles. The highest BCUT2D eigenvalue weighted by molar-refractivity contribution is 9.11. The van der Waals surface area contributed by atoms with Gasteiger partial charge in [0.25, 0.3) is 0 Å². The third-order valence-corrected chi connectivity index (χ3v) is 5.40. The van der Waals surface area contributed by atoms with E-state index in [0.717, 1.165) is 32.1 Å². The number of benzene rings is 1. The van der Waals surface area contributed by atoms with Crippen LogP contribution in [0.25, 0.3) is 21.7 Å². The lowest BCUT2D eigenvalue weighted by molar-refractivity contribution is 0.798. The lowest BCUT2D eigenvalue weighted by Gasteiger charge is -2.03. The molecule has 2 heterocycles. The maximum atomic E-state index is 9.00. The molecule has 3 aromatic rings. The molecule has 0 spiro atoms. The molecule has 0 atom stereocenters. The molecule has 0 bridgehead atoms. The number of rotatable bonds is 2. The minimum Gasteiger partial charge on any atom is -0.324 e. The Morgan fingerprint density at radius 1 is 1.40 bits per heavy atom. The first-order valence-electron chi connectivity index (χ1n) is 6.30. The average Bonchev–Trinajstić information content (AvgIpc) is 2.98. The van der Waals surface area contributed by atoms with Crippen molar-refractivity contribution in [3.63, 3.8) is 0 Å². The molecule has 0 aliphatic heterocycles. The number of imidazole rings is 1. The van der Waals surface area contributed by atoms with Gasteiger partial charge in [-0.15, -0.1) is 11.3 Å². The van der Waals surface area contributed by atoms with Crippen molar-refractivity contribution < 1.29 is 0 Å². The van der Waals surface area contributed by atoms with Crippen LogP contribution in [0.3, 0.4) is 0 Å². The Bertz CT molecular complexity index is 819. The minimum atomic E-state index is 0.647. The monoisotopic (exact) mass is 345 g/mol. The second-order valence-electron chi connectivity index (χ2n) is 4.56. The third kappa shape index (κ3) is 2.05. The van der Waals surface area contributed by atoms with Crippen molar-refractivity contribution >= 4 is 38.3 Å². The van der Waals surface area contributed by atoms with Crippen LogP contribution in [0.2, 0.25) is 0 Å². The molecule has 3 nitrogen and oxygen atoms in total. The highest BCUT2D eigenvalue weighted by Crippen LogP contribution is 2.35. The van der Waals surface area contributed by atoms with Crippen LogP contribution >= 0.6 is 27.3 Å². The van der Waals surface area contributed by atoms with Gasteiger partial charge in [0.2, 0.25) is 0 Å². The van der Waals surface area contributed by atoms with Crippen LogP contribution in [0.4, 0.5) is 0 Å². The van der Waals surface area contributed by atoms with E-state index in [-0.39, 0.29) is 0 Å². The van der Waals surface area contributed by atoms with Gasteiger partial charge in [-0.2, -0.15) is 5.26 Å². The number of hydrogen-bond acceptors (Lipinski definition) is 3. The van der Waals surface area contributed by atoms with E-state index in [4.69, 9.17) is 10.2 Å². The van der Waals surface area contributed by atoms with Crippen molar-refractivity contribution in [1.82, 2.24) is 9.55 Å². The zero-order valence-electron chi connectivity index (χ0n) is 11.1. The average molecular weight is 346 g/mol. The van der Waals surface area contributed by atoms with Crippen LogP contribution < -0.4 is 0 Å². The highest BCUT2D eigenvalue weighted by Gasteiger charge is 2.14. The molecule has 0 N–H and O–H groups in total. The summed E-state index contributed by atoms with van der Waals surface area (Å²) in [4.78, 5) is 5.86. The maximum absolute atomic E-state index is 9.00. The molecule has 0 aliphatic rings. The molecule has 3 rings (SSSR count). The molecular weight excluding hydrogens is 334 g/mol. The van der Waals surface area contributed by atoms with Crippen molar-refractivity contribution in [2.75, 3.05) is 0 Å². The largest absolute Gasteiger partial charge is 0.324 e. The van der Waals surface area contributed by atoms with Crippen LogP contribution in [-0.4, -0.2) is 9.55 Å². The van der Waals surface area contributed by atoms with Crippen LogP contribution in [0, 0.1) is 18.3 Å².